The molecular weight excluding hydrogens is 505 g/mol. The molecule has 0 aliphatic carbocycles. The number of ether oxygens (including phenoxy) is 1. The van der Waals surface area contributed by atoms with Gasteiger partial charge in [0.25, 0.3) is 5.91 Å². The number of morpholine rings is 1. The molecule has 1 atom stereocenters. The van der Waals surface area contributed by atoms with Crippen molar-refractivity contribution in [2.75, 3.05) is 44.7 Å². The van der Waals surface area contributed by atoms with E-state index in [4.69, 9.17) is 9.73 Å². The zero-order valence-electron chi connectivity index (χ0n) is 21.2. The summed E-state index contributed by atoms with van der Waals surface area (Å²) in [6.07, 6.45) is 0.138. The summed E-state index contributed by atoms with van der Waals surface area (Å²) in [5, 5.41) is 8.56. The molecule has 10 heteroatoms. The van der Waals surface area contributed by atoms with Crippen molar-refractivity contribution >= 4 is 34.4 Å². The van der Waals surface area contributed by atoms with Crippen LogP contribution in [0.3, 0.4) is 0 Å². The van der Waals surface area contributed by atoms with Crippen molar-refractivity contribution in [1.82, 2.24) is 15.1 Å². The maximum Gasteiger partial charge on any atom is 0.255 e. The normalized spacial score (nSPS) is 19.5. The molecule has 1 saturated heterocycles. The summed E-state index contributed by atoms with van der Waals surface area (Å²) in [7, 11) is 0. The van der Waals surface area contributed by atoms with Gasteiger partial charge >= 0.3 is 0 Å². The maximum atomic E-state index is 13.8. The van der Waals surface area contributed by atoms with Gasteiger partial charge in [-0.15, -0.1) is 0 Å². The van der Waals surface area contributed by atoms with Crippen LogP contribution in [0.4, 0.5) is 10.1 Å². The third-order valence-corrected chi connectivity index (χ3v) is 7.55. The SMILES string of the molecule is CC1=C(C(=O)Nc2ccccc2)[C@@H](c2ccc(F)cc2)N2C(CC(=O)NCCN3CCOCC3)=CSC2=N1. The van der Waals surface area contributed by atoms with Gasteiger partial charge in [-0.1, -0.05) is 42.1 Å². The number of aliphatic imine (C=N–C) groups is 1. The van der Waals surface area contributed by atoms with Crippen LogP contribution in [0.2, 0.25) is 0 Å². The number of benzene rings is 2. The molecule has 198 valence electrons. The number of para-hydroxylation sites is 1. The van der Waals surface area contributed by atoms with E-state index in [1.165, 1.54) is 23.9 Å². The molecule has 2 N–H and O–H groups in total. The molecule has 0 bridgehead atoms. The molecule has 5 rings (SSSR count). The Morgan fingerprint density at radius 2 is 1.84 bits per heavy atom. The number of amides is 2. The van der Waals surface area contributed by atoms with E-state index in [2.05, 4.69) is 15.5 Å². The number of amidine groups is 1. The van der Waals surface area contributed by atoms with Crippen LogP contribution in [-0.2, 0) is 14.3 Å². The van der Waals surface area contributed by atoms with Gasteiger partial charge in [0.15, 0.2) is 5.17 Å². The second-order valence-corrected chi connectivity index (χ2v) is 10.1. The minimum absolute atomic E-state index is 0.106. The van der Waals surface area contributed by atoms with Crippen molar-refractivity contribution in [2.24, 2.45) is 4.99 Å². The largest absolute Gasteiger partial charge is 0.379 e. The highest BCUT2D eigenvalue weighted by atomic mass is 32.2. The average Bonchev–Trinajstić information content (AvgIpc) is 3.31. The summed E-state index contributed by atoms with van der Waals surface area (Å²) in [5.74, 6) is -0.761. The lowest BCUT2D eigenvalue weighted by Crippen LogP contribution is -2.42. The van der Waals surface area contributed by atoms with Crippen molar-refractivity contribution in [3.8, 4) is 0 Å². The topological polar surface area (TPSA) is 86.3 Å². The molecule has 0 radical (unpaired) electrons. The second-order valence-electron chi connectivity index (χ2n) is 9.25. The van der Waals surface area contributed by atoms with Gasteiger partial charge in [-0.05, 0) is 42.2 Å². The fraction of sp³-hybridized carbons (Fsp3) is 0.321. The predicted octanol–water partition coefficient (Wildman–Crippen LogP) is 3.88. The van der Waals surface area contributed by atoms with E-state index in [9.17, 15) is 14.0 Å². The van der Waals surface area contributed by atoms with E-state index < -0.39 is 6.04 Å². The third kappa shape index (κ3) is 5.98. The van der Waals surface area contributed by atoms with Crippen LogP contribution in [-0.4, -0.2) is 66.2 Å². The minimum Gasteiger partial charge on any atom is -0.379 e. The first-order valence-electron chi connectivity index (χ1n) is 12.6. The summed E-state index contributed by atoms with van der Waals surface area (Å²) in [4.78, 5) is 35.4. The number of fused-ring (bicyclic) bond motifs is 1. The smallest absolute Gasteiger partial charge is 0.255 e. The van der Waals surface area contributed by atoms with E-state index >= 15 is 0 Å². The second kappa shape index (κ2) is 11.9. The minimum atomic E-state index is -0.561. The summed E-state index contributed by atoms with van der Waals surface area (Å²) >= 11 is 1.42. The number of carbonyl (C=O) groups excluding carboxylic acids is 2. The van der Waals surface area contributed by atoms with Gasteiger partial charge in [0.1, 0.15) is 5.82 Å². The molecule has 1 fully saturated rings. The fourth-order valence-corrected chi connectivity index (χ4v) is 5.71. The molecule has 38 heavy (non-hydrogen) atoms. The van der Waals surface area contributed by atoms with Crippen molar-refractivity contribution in [3.63, 3.8) is 0 Å². The Balaban J connectivity index is 1.36. The number of rotatable bonds is 8. The van der Waals surface area contributed by atoms with Gasteiger partial charge in [-0.25, -0.2) is 9.38 Å². The third-order valence-electron chi connectivity index (χ3n) is 6.66. The van der Waals surface area contributed by atoms with Crippen LogP contribution in [0.1, 0.15) is 24.9 Å². The van der Waals surface area contributed by atoms with Crippen LogP contribution in [0, 0.1) is 5.82 Å². The molecule has 0 unspecified atom stereocenters. The van der Waals surface area contributed by atoms with E-state index in [0.29, 0.717) is 41.9 Å². The Morgan fingerprint density at radius 3 is 2.58 bits per heavy atom. The Hall–Kier alpha value is -3.47. The fourth-order valence-electron chi connectivity index (χ4n) is 4.75. The Kier molecular flexibility index (Phi) is 8.21. The van der Waals surface area contributed by atoms with E-state index in [1.807, 2.05) is 40.6 Å². The van der Waals surface area contributed by atoms with Crippen LogP contribution >= 0.6 is 11.8 Å². The molecule has 2 aromatic carbocycles. The standard InChI is InChI=1S/C28H30FN5O3S/c1-19-25(27(36)32-22-5-3-2-4-6-22)26(20-7-9-21(29)10-8-20)34-23(18-38-28(34)31-19)17-24(35)30-11-12-33-13-15-37-16-14-33/h2-10,18,26H,11-17H2,1H3,(H,30,35)(H,32,36)/t26-/m1/s1. The first kappa shape index (κ1) is 26.1. The Morgan fingerprint density at radius 1 is 1.11 bits per heavy atom. The Labute approximate surface area is 225 Å². The molecule has 0 spiro atoms. The molecule has 3 heterocycles. The van der Waals surface area contributed by atoms with Crippen LogP contribution in [0.25, 0.3) is 0 Å². The zero-order chi connectivity index (χ0) is 26.5. The van der Waals surface area contributed by atoms with Crippen molar-refractivity contribution in [3.05, 3.63) is 88.4 Å². The number of carbonyl (C=O) groups is 2. The number of hydrogen-bond donors (Lipinski definition) is 2. The molecular formula is C28H30FN5O3S. The molecule has 3 aliphatic heterocycles. The zero-order valence-corrected chi connectivity index (χ0v) is 22.0. The summed E-state index contributed by atoms with van der Waals surface area (Å²) in [6.45, 7) is 6.28. The first-order valence-corrected chi connectivity index (χ1v) is 13.5. The van der Waals surface area contributed by atoms with Gasteiger partial charge in [0.05, 0.1) is 36.9 Å². The average molecular weight is 536 g/mol. The van der Waals surface area contributed by atoms with Crippen molar-refractivity contribution in [2.45, 2.75) is 19.4 Å². The lowest BCUT2D eigenvalue weighted by Gasteiger charge is -2.36. The van der Waals surface area contributed by atoms with Gasteiger partial charge in [0, 0.05) is 37.6 Å². The lowest BCUT2D eigenvalue weighted by molar-refractivity contribution is -0.120. The first-order chi connectivity index (χ1) is 18.5. The summed E-state index contributed by atoms with van der Waals surface area (Å²) < 4.78 is 19.2. The van der Waals surface area contributed by atoms with E-state index in [1.54, 1.807) is 19.1 Å². The van der Waals surface area contributed by atoms with E-state index in [-0.39, 0.29) is 24.1 Å². The van der Waals surface area contributed by atoms with Gasteiger partial charge in [-0.3, -0.25) is 14.5 Å². The van der Waals surface area contributed by atoms with Gasteiger partial charge < -0.3 is 20.3 Å². The maximum absolute atomic E-state index is 13.8. The van der Waals surface area contributed by atoms with Gasteiger partial charge in [-0.2, -0.15) is 0 Å². The lowest BCUT2D eigenvalue weighted by atomic mass is 9.93. The number of thioether (sulfide) groups is 1. The number of halogens is 1. The highest BCUT2D eigenvalue weighted by Gasteiger charge is 2.40. The number of nitrogens with one attached hydrogen (secondary N) is 2. The monoisotopic (exact) mass is 535 g/mol. The summed E-state index contributed by atoms with van der Waals surface area (Å²) in [5.41, 5.74) is 3.17. The van der Waals surface area contributed by atoms with Crippen LogP contribution in [0.5, 0.6) is 0 Å². The van der Waals surface area contributed by atoms with Crippen LogP contribution in [0.15, 0.2) is 82.0 Å². The molecule has 2 aromatic rings. The molecule has 8 nitrogen and oxygen atoms in total. The quantitative estimate of drug-likeness (QED) is 0.534. The van der Waals surface area contributed by atoms with Gasteiger partial charge in [0.2, 0.25) is 5.91 Å². The number of hydrogen-bond acceptors (Lipinski definition) is 7. The molecule has 0 saturated carbocycles. The highest BCUT2D eigenvalue weighted by molar-refractivity contribution is 8.16. The molecule has 2 amide bonds. The van der Waals surface area contributed by atoms with E-state index in [0.717, 1.165) is 30.9 Å². The number of allylic oxidation sites excluding steroid dienone is 1. The Bertz CT molecular complexity index is 1270. The number of anilines is 1. The molecule has 3 aliphatic rings. The van der Waals surface area contributed by atoms with Crippen molar-refractivity contribution in [1.29, 1.82) is 0 Å². The van der Waals surface area contributed by atoms with Crippen molar-refractivity contribution < 1.29 is 18.7 Å². The number of nitrogens with zero attached hydrogens (tertiary/aromatic N) is 3. The molecule has 0 aromatic heterocycles. The van der Waals surface area contributed by atoms with Crippen LogP contribution < -0.4 is 10.6 Å². The highest BCUT2D eigenvalue weighted by Crippen LogP contribution is 2.44. The summed E-state index contributed by atoms with van der Waals surface area (Å²) in [6, 6.07) is 14.8. The predicted molar refractivity (Wildman–Crippen MR) is 147 cm³/mol.